The van der Waals surface area contributed by atoms with Gasteiger partial charge in [-0.05, 0) is 24.6 Å². The molecule has 0 aliphatic heterocycles. The molecule has 1 aromatic carbocycles. The summed E-state index contributed by atoms with van der Waals surface area (Å²) in [6.07, 6.45) is -0.327. The Morgan fingerprint density at radius 3 is 2.54 bits per heavy atom. The summed E-state index contributed by atoms with van der Waals surface area (Å²) in [4.78, 5) is 0. The fourth-order valence-electron chi connectivity index (χ4n) is 1.20. The van der Waals surface area contributed by atoms with Crippen LogP contribution in [-0.2, 0) is 0 Å². The predicted octanol–water partition coefficient (Wildman–Crippen LogP) is 2.18. The van der Waals surface area contributed by atoms with Crippen molar-refractivity contribution in [1.82, 2.24) is 0 Å². The van der Waals surface area contributed by atoms with E-state index in [4.69, 9.17) is 4.74 Å². The first-order chi connectivity index (χ1) is 6.15. The highest BCUT2D eigenvalue weighted by Crippen LogP contribution is 2.22. The number of hydrogen-bond donors (Lipinski definition) is 1. The molecule has 0 bridgehead atoms. The summed E-state index contributed by atoms with van der Waals surface area (Å²) in [5.74, 6) is 0.986. The third kappa shape index (κ3) is 2.46. The fourth-order valence-corrected chi connectivity index (χ4v) is 1.20. The van der Waals surface area contributed by atoms with Gasteiger partial charge in [0.25, 0.3) is 0 Å². The Morgan fingerprint density at radius 1 is 1.31 bits per heavy atom. The lowest BCUT2D eigenvalue weighted by atomic mass is 9.96. The third-order valence-electron chi connectivity index (χ3n) is 2.34. The second kappa shape index (κ2) is 4.28. The quantitative estimate of drug-likeness (QED) is 0.772. The molecule has 72 valence electrons. The highest BCUT2D eigenvalue weighted by molar-refractivity contribution is 5.30. The minimum absolute atomic E-state index is 0.148. The SMILES string of the molecule is COc1cccc([C@@H](C)[C@@H](C)O)c1. The summed E-state index contributed by atoms with van der Waals surface area (Å²) in [5, 5.41) is 9.40. The molecule has 0 unspecified atom stereocenters. The summed E-state index contributed by atoms with van der Waals surface area (Å²) >= 11 is 0. The van der Waals surface area contributed by atoms with Gasteiger partial charge in [-0.25, -0.2) is 0 Å². The van der Waals surface area contributed by atoms with Gasteiger partial charge >= 0.3 is 0 Å². The predicted molar refractivity (Wildman–Crippen MR) is 53.1 cm³/mol. The van der Waals surface area contributed by atoms with Gasteiger partial charge in [0.2, 0.25) is 0 Å². The van der Waals surface area contributed by atoms with Crippen LogP contribution in [0.2, 0.25) is 0 Å². The molecule has 0 fully saturated rings. The normalized spacial score (nSPS) is 15.1. The lowest BCUT2D eigenvalue weighted by Gasteiger charge is -2.15. The zero-order chi connectivity index (χ0) is 9.84. The van der Waals surface area contributed by atoms with E-state index in [9.17, 15) is 5.11 Å². The number of aliphatic hydroxyl groups is 1. The average molecular weight is 180 g/mol. The Balaban J connectivity index is 2.88. The largest absolute Gasteiger partial charge is 0.497 e. The van der Waals surface area contributed by atoms with E-state index in [0.29, 0.717) is 0 Å². The highest BCUT2D eigenvalue weighted by atomic mass is 16.5. The molecule has 1 aromatic rings. The molecule has 0 saturated heterocycles. The number of methoxy groups -OCH3 is 1. The van der Waals surface area contributed by atoms with E-state index in [1.54, 1.807) is 14.0 Å². The van der Waals surface area contributed by atoms with Crippen LogP contribution in [-0.4, -0.2) is 18.3 Å². The molecule has 2 nitrogen and oxygen atoms in total. The number of aliphatic hydroxyl groups excluding tert-OH is 1. The minimum atomic E-state index is -0.327. The van der Waals surface area contributed by atoms with Crippen LogP contribution >= 0.6 is 0 Å². The van der Waals surface area contributed by atoms with Crippen LogP contribution in [0.4, 0.5) is 0 Å². The molecule has 0 saturated carbocycles. The molecule has 0 heterocycles. The molecule has 0 aliphatic rings. The van der Waals surface area contributed by atoms with E-state index in [2.05, 4.69) is 0 Å². The van der Waals surface area contributed by atoms with Gasteiger partial charge in [0, 0.05) is 5.92 Å². The van der Waals surface area contributed by atoms with Gasteiger partial charge in [0.15, 0.2) is 0 Å². The van der Waals surface area contributed by atoms with Gasteiger partial charge in [0.05, 0.1) is 13.2 Å². The fraction of sp³-hybridized carbons (Fsp3) is 0.455. The first-order valence-electron chi connectivity index (χ1n) is 4.47. The third-order valence-corrected chi connectivity index (χ3v) is 2.34. The highest BCUT2D eigenvalue weighted by Gasteiger charge is 2.11. The zero-order valence-electron chi connectivity index (χ0n) is 8.32. The summed E-state index contributed by atoms with van der Waals surface area (Å²) in [6.45, 7) is 3.80. The van der Waals surface area contributed by atoms with Crippen LogP contribution in [0, 0.1) is 0 Å². The first-order valence-corrected chi connectivity index (χ1v) is 4.47. The van der Waals surface area contributed by atoms with E-state index in [0.717, 1.165) is 11.3 Å². The zero-order valence-corrected chi connectivity index (χ0v) is 8.32. The molecule has 0 aromatic heterocycles. The van der Waals surface area contributed by atoms with Crippen molar-refractivity contribution in [3.05, 3.63) is 29.8 Å². The van der Waals surface area contributed by atoms with E-state index in [-0.39, 0.29) is 12.0 Å². The Labute approximate surface area is 79.2 Å². The first kappa shape index (κ1) is 10.1. The van der Waals surface area contributed by atoms with Crippen molar-refractivity contribution in [1.29, 1.82) is 0 Å². The van der Waals surface area contributed by atoms with Crippen molar-refractivity contribution in [2.45, 2.75) is 25.9 Å². The summed E-state index contributed by atoms with van der Waals surface area (Å²) in [6, 6.07) is 7.79. The molecule has 2 heteroatoms. The van der Waals surface area contributed by atoms with Gasteiger partial charge in [-0.15, -0.1) is 0 Å². The minimum Gasteiger partial charge on any atom is -0.497 e. The van der Waals surface area contributed by atoms with Gasteiger partial charge in [-0.3, -0.25) is 0 Å². The average Bonchev–Trinajstić information content (AvgIpc) is 2.16. The summed E-state index contributed by atoms with van der Waals surface area (Å²) < 4.78 is 5.10. The lowest BCUT2D eigenvalue weighted by molar-refractivity contribution is 0.169. The molecule has 0 amide bonds. The Hall–Kier alpha value is -1.02. The van der Waals surface area contributed by atoms with Gasteiger partial charge in [-0.1, -0.05) is 19.1 Å². The molecular weight excluding hydrogens is 164 g/mol. The van der Waals surface area contributed by atoms with E-state index >= 15 is 0 Å². The van der Waals surface area contributed by atoms with Crippen LogP contribution in [0.5, 0.6) is 5.75 Å². The second-order valence-corrected chi connectivity index (χ2v) is 3.31. The lowest BCUT2D eigenvalue weighted by Crippen LogP contribution is -2.10. The number of benzene rings is 1. The van der Waals surface area contributed by atoms with Crippen LogP contribution in [0.3, 0.4) is 0 Å². The Morgan fingerprint density at radius 2 is 2.00 bits per heavy atom. The number of ether oxygens (including phenoxy) is 1. The van der Waals surface area contributed by atoms with Crippen molar-refractivity contribution in [2.24, 2.45) is 0 Å². The van der Waals surface area contributed by atoms with E-state index < -0.39 is 0 Å². The topological polar surface area (TPSA) is 29.5 Å². The number of rotatable bonds is 3. The Kier molecular flexibility index (Phi) is 3.32. The smallest absolute Gasteiger partial charge is 0.119 e. The molecule has 0 radical (unpaired) electrons. The van der Waals surface area contributed by atoms with E-state index in [1.165, 1.54) is 0 Å². The van der Waals surface area contributed by atoms with Crippen LogP contribution < -0.4 is 4.74 Å². The monoisotopic (exact) mass is 180 g/mol. The molecule has 1 rings (SSSR count). The van der Waals surface area contributed by atoms with Crippen molar-refractivity contribution < 1.29 is 9.84 Å². The van der Waals surface area contributed by atoms with Crippen molar-refractivity contribution >= 4 is 0 Å². The molecule has 13 heavy (non-hydrogen) atoms. The maximum atomic E-state index is 9.40. The standard InChI is InChI=1S/C11H16O2/c1-8(9(2)12)10-5-4-6-11(7-10)13-3/h4-9,12H,1-3H3/t8-,9+/m0/s1. The molecule has 0 aliphatic carbocycles. The molecule has 2 atom stereocenters. The van der Waals surface area contributed by atoms with Crippen LogP contribution in [0.25, 0.3) is 0 Å². The van der Waals surface area contributed by atoms with E-state index in [1.807, 2.05) is 31.2 Å². The molecule has 1 N–H and O–H groups in total. The molecule has 0 spiro atoms. The second-order valence-electron chi connectivity index (χ2n) is 3.31. The van der Waals surface area contributed by atoms with Crippen LogP contribution in [0.15, 0.2) is 24.3 Å². The maximum absolute atomic E-state index is 9.40. The number of hydrogen-bond acceptors (Lipinski definition) is 2. The van der Waals surface area contributed by atoms with Crippen molar-refractivity contribution in [3.63, 3.8) is 0 Å². The van der Waals surface area contributed by atoms with Crippen molar-refractivity contribution in [2.75, 3.05) is 7.11 Å². The van der Waals surface area contributed by atoms with Crippen LogP contribution in [0.1, 0.15) is 25.3 Å². The summed E-state index contributed by atoms with van der Waals surface area (Å²) in [5.41, 5.74) is 1.11. The van der Waals surface area contributed by atoms with Crippen molar-refractivity contribution in [3.8, 4) is 5.75 Å². The Bertz CT molecular complexity index is 269. The molecular formula is C11H16O2. The van der Waals surface area contributed by atoms with Gasteiger partial charge in [-0.2, -0.15) is 0 Å². The van der Waals surface area contributed by atoms with Gasteiger partial charge < -0.3 is 9.84 Å². The summed E-state index contributed by atoms with van der Waals surface area (Å²) in [7, 11) is 1.64. The maximum Gasteiger partial charge on any atom is 0.119 e. The van der Waals surface area contributed by atoms with Gasteiger partial charge in [0.1, 0.15) is 5.75 Å².